The van der Waals surface area contributed by atoms with Crippen molar-refractivity contribution in [2.45, 2.75) is 56.8 Å². The normalized spacial score (nSPS) is 11.5. The monoisotopic (exact) mass is 378 g/mol. The van der Waals surface area contributed by atoms with Crippen LogP contribution in [0.4, 0.5) is 0 Å². The van der Waals surface area contributed by atoms with Crippen LogP contribution in [0, 0.1) is 0 Å². The van der Waals surface area contributed by atoms with Crippen LogP contribution in [0.25, 0.3) is 0 Å². The van der Waals surface area contributed by atoms with Crippen LogP contribution in [-0.4, -0.2) is 18.1 Å². The molecule has 0 heterocycles. The second-order valence-electron chi connectivity index (χ2n) is 6.36. The molecule has 2 aromatic carbocycles. The van der Waals surface area contributed by atoms with Crippen molar-refractivity contribution >= 4 is 10.1 Å². The second kappa shape index (κ2) is 9.59. The van der Waals surface area contributed by atoms with E-state index < -0.39 is 10.1 Å². The summed E-state index contributed by atoms with van der Waals surface area (Å²) in [4.78, 5) is -0.109. The predicted molar refractivity (Wildman–Crippen MR) is 102 cm³/mol. The number of benzene rings is 2. The Hall–Kier alpha value is -2.05. The Kier molecular flexibility index (Phi) is 7.48. The minimum Gasteiger partial charge on any atom is -0.508 e. The summed E-state index contributed by atoms with van der Waals surface area (Å²) in [7, 11) is -4.33. The maximum Gasteiger partial charge on any atom is 0.294 e. The fraction of sp³-hybridized carbons (Fsp3) is 0.400. The van der Waals surface area contributed by atoms with Crippen LogP contribution < -0.4 is 4.74 Å². The minimum absolute atomic E-state index is 0.109. The average Bonchev–Trinajstić information content (AvgIpc) is 2.60. The Morgan fingerprint density at radius 2 is 1.50 bits per heavy atom. The van der Waals surface area contributed by atoms with Gasteiger partial charge in [0.1, 0.15) is 22.1 Å². The zero-order valence-corrected chi connectivity index (χ0v) is 15.8. The molecule has 0 fully saturated rings. The number of hydrogen-bond acceptors (Lipinski definition) is 4. The fourth-order valence-electron chi connectivity index (χ4n) is 2.79. The lowest BCUT2D eigenvalue weighted by molar-refractivity contribution is 0.461. The van der Waals surface area contributed by atoms with Crippen molar-refractivity contribution in [1.82, 2.24) is 0 Å². The Morgan fingerprint density at radius 1 is 0.885 bits per heavy atom. The van der Waals surface area contributed by atoms with Crippen molar-refractivity contribution in [2.24, 2.45) is 0 Å². The Labute approximate surface area is 155 Å². The van der Waals surface area contributed by atoms with Gasteiger partial charge in [0.15, 0.2) is 0 Å². The zero-order chi connectivity index (χ0) is 19.0. The first kappa shape index (κ1) is 20.3. The molecule has 2 N–H and O–H groups in total. The van der Waals surface area contributed by atoms with Crippen molar-refractivity contribution in [1.29, 1.82) is 0 Å². The standard InChI is InChI=1S/C20H26O5S/c1-2-3-4-5-6-7-8-16-9-12-19(15-20(16)26(22,23)24)25-18-13-10-17(21)11-14-18/h9-15,21H,2-8H2,1H3,(H,22,23,24). The highest BCUT2D eigenvalue weighted by Crippen LogP contribution is 2.28. The van der Waals surface area contributed by atoms with E-state index in [1.54, 1.807) is 24.3 Å². The molecule has 26 heavy (non-hydrogen) atoms. The summed E-state index contributed by atoms with van der Waals surface area (Å²) in [5, 5.41) is 9.29. The minimum atomic E-state index is -4.33. The molecule has 0 bridgehead atoms. The van der Waals surface area contributed by atoms with Crippen molar-refractivity contribution in [3.05, 3.63) is 48.0 Å². The molecule has 142 valence electrons. The third-order valence-electron chi connectivity index (χ3n) is 4.19. The van der Waals surface area contributed by atoms with Crippen LogP contribution >= 0.6 is 0 Å². The molecule has 0 atom stereocenters. The lowest BCUT2D eigenvalue weighted by atomic mass is 10.0. The Morgan fingerprint density at radius 3 is 2.15 bits per heavy atom. The van der Waals surface area contributed by atoms with Gasteiger partial charge in [0.2, 0.25) is 0 Å². The summed E-state index contributed by atoms with van der Waals surface area (Å²) < 4.78 is 38.6. The molecule has 0 saturated heterocycles. The van der Waals surface area contributed by atoms with Gasteiger partial charge in [-0.2, -0.15) is 8.42 Å². The number of rotatable bonds is 10. The lowest BCUT2D eigenvalue weighted by Gasteiger charge is -2.11. The molecule has 0 saturated carbocycles. The quantitative estimate of drug-likeness (QED) is 0.431. The summed E-state index contributed by atoms with van der Waals surface area (Å²) in [5.41, 5.74) is 0.598. The number of phenolic OH excluding ortho intramolecular Hbond substituents is 1. The van der Waals surface area contributed by atoms with Gasteiger partial charge >= 0.3 is 0 Å². The maximum absolute atomic E-state index is 11.7. The third-order valence-corrected chi connectivity index (χ3v) is 5.12. The van der Waals surface area contributed by atoms with Crippen molar-refractivity contribution in [3.63, 3.8) is 0 Å². The highest BCUT2D eigenvalue weighted by molar-refractivity contribution is 7.85. The zero-order valence-electron chi connectivity index (χ0n) is 15.0. The number of hydrogen-bond donors (Lipinski definition) is 2. The van der Waals surface area contributed by atoms with Crippen molar-refractivity contribution in [3.8, 4) is 17.2 Å². The second-order valence-corrected chi connectivity index (χ2v) is 7.75. The van der Waals surface area contributed by atoms with Gasteiger partial charge in [-0.15, -0.1) is 0 Å². The van der Waals surface area contributed by atoms with E-state index in [1.807, 2.05) is 0 Å². The highest BCUT2D eigenvalue weighted by atomic mass is 32.2. The molecular weight excluding hydrogens is 352 g/mol. The van der Waals surface area contributed by atoms with E-state index >= 15 is 0 Å². The molecule has 6 heteroatoms. The van der Waals surface area contributed by atoms with E-state index in [9.17, 15) is 18.1 Å². The predicted octanol–water partition coefficient (Wildman–Crippen LogP) is 5.33. The van der Waals surface area contributed by atoms with E-state index in [1.165, 1.54) is 37.5 Å². The topological polar surface area (TPSA) is 83.8 Å². The molecule has 0 amide bonds. The van der Waals surface area contributed by atoms with Gasteiger partial charge in [-0.25, -0.2) is 0 Å². The SMILES string of the molecule is CCCCCCCCc1ccc(Oc2ccc(O)cc2)cc1S(=O)(=O)O. The third kappa shape index (κ3) is 6.35. The van der Waals surface area contributed by atoms with Crippen LogP contribution in [-0.2, 0) is 16.5 Å². The van der Waals surface area contributed by atoms with Crippen molar-refractivity contribution in [2.75, 3.05) is 0 Å². The first-order valence-electron chi connectivity index (χ1n) is 8.97. The van der Waals surface area contributed by atoms with Crippen molar-refractivity contribution < 1.29 is 22.8 Å². The highest BCUT2D eigenvalue weighted by Gasteiger charge is 2.17. The molecule has 0 spiro atoms. The van der Waals surface area contributed by atoms with Crippen LogP contribution in [0.3, 0.4) is 0 Å². The summed E-state index contributed by atoms with van der Waals surface area (Å²) in [6.07, 6.45) is 7.26. The van der Waals surface area contributed by atoms with Gasteiger partial charge in [-0.1, -0.05) is 45.1 Å². The van der Waals surface area contributed by atoms with Crippen LogP contribution in [0.1, 0.15) is 51.0 Å². The molecule has 0 aliphatic rings. The maximum atomic E-state index is 11.7. The van der Waals surface area contributed by atoms with Crippen LogP contribution in [0.5, 0.6) is 17.2 Å². The molecule has 2 aromatic rings. The van der Waals surface area contributed by atoms with Crippen LogP contribution in [0.15, 0.2) is 47.4 Å². The average molecular weight is 378 g/mol. The van der Waals surface area contributed by atoms with E-state index in [0.29, 0.717) is 23.5 Å². The summed E-state index contributed by atoms with van der Waals surface area (Å²) in [6, 6.07) is 10.8. The molecule has 0 aromatic heterocycles. The Bertz CT molecular complexity index is 797. The molecule has 0 radical (unpaired) electrons. The molecule has 2 rings (SSSR count). The number of aryl methyl sites for hydroxylation is 1. The molecule has 5 nitrogen and oxygen atoms in total. The number of unbranched alkanes of at least 4 members (excludes halogenated alkanes) is 5. The first-order chi connectivity index (χ1) is 12.4. The van der Waals surface area contributed by atoms with Gasteiger partial charge in [0.25, 0.3) is 10.1 Å². The van der Waals surface area contributed by atoms with Crippen LogP contribution in [0.2, 0.25) is 0 Å². The summed E-state index contributed by atoms with van der Waals surface area (Å²) in [6.45, 7) is 2.17. The largest absolute Gasteiger partial charge is 0.508 e. The number of aromatic hydroxyl groups is 1. The van der Waals surface area contributed by atoms with E-state index in [0.717, 1.165) is 19.3 Å². The number of phenols is 1. The van der Waals surface area contributed by atoms with Gasteiger partial charge in [-0.3, -0.25) is 4.55 Å². The molecule has 0 aliphatic heterocycles. The molecule has 0 aliphatic carbocycles. The van der Waals surface area contributed by atoms with E-state index in [2.05, 4.69) is 6.92 Å². The Balaban J connectivity index is 2.08. The smallest absolute Gasteiger partial charge is 0.294 e. The first-order valence-corrected chi connectivity index (χ1v) is 10.4. The van der Waals surface area contributed by atoms with Gasteiger partial charge < -0.3 is 9.84 Å². The fourth-order valence-corrected chi connectivity index (χ4v) is 3.56. The number of ether oxygens (including phenoxy) is 1. The summed E-state index contributed by atoms with van der Waals surface area (Å²) >= 11 is 0. The summed E-state index contributed by atoms with van der Waals surface area (Å²) in [5.74, 6) is 0.896. The molecular formula is C20H26O5S. The van der Waals surface area contributed by atoms with Gasteiger partial charge in [0.05, 0.1) is 0 Å². The lowest BCUT2D eigenvalue weighted by Crippen LogP contribution is -2.04. The van der Waals surface area contributed by atoms with E-state index in [4.69, 9.17) is 4.74 Å². The van der Waals surface area contributed by atoms with E-state index in [-0.39, 0.29) is 10.6 Å². The van der Waals surface area contributed by atoms with Gasteiger partial charge in [-0.05, 0) is 48.7 Å². The van der Waals surface area contributed by atoms with Gasteiger partial charge in [0, 0.05) is 6.07 Å². The molecule has 0 unspecified atom stereocenters.